The molecule has 1 saturated heterocycles. The average molecular weight is 308 g/mol. The zero-order chi connectivity index (χ0) is 15.5. The largest absolute Gasteiger partial charge is 0.332 e. The first kappa shape index (κ1) is 16.0. The second-order valence-electron chi connectivity index (χ2n) is 5.70. The molecule has 0 unspecified atom stereocenters. The van der Waals surface area contributed by atoms with Crippen molar-refractivity contribution >= 4 is 10.0 Å². The predicted molar refractivity (Wildman–Crippen MR) is 80.3 cm³/mol. The van der Waals surface area contributed by atoms with Crippen LogP contribution in [0.15, 0.2) is 29.2 Å². The molecule has 1 heterocycles. The monoisotopic (exact) mass is 308 g/mol. The summed E-state index contributed by atoms with van der Waals surface area (Å²) in [6, 6.07) is 9.21. The molecule has 0 amide bonds. The van der Waals surface area contributed by atoms with Gasteiger partial charge in [-0.1, -0.05) is 17.7 Å². The van der Waals surface area contributed by atoms with Gasteiger partial charge in [0, 0.05) is 0 Å². The van der Waals surface area contributed by atoms with Crippen molar-refractivity contribution in [3.8, 4) is 6.07 Å². The maximum atomic E-state index is 12.5. The number of nitrogens with zero attached hydrogens (tertiary/aromatic N) is 2. The van der Waals surface area contributed by atoms with Gasteiger partial charge in [0.1, 0.15) is 0 Å². The molecule has 0 spiro atoms. The number of hydrogen-bond donors (Lipinski definition) is 1. The van der Waals surface area contributed by atoms with Crippen LogP contribution in [0.2, 0.25) is 0 Å². The van der Waals surface area contributed by atoms with Crippen LogP contribution >= 0.6 is 0 Å². The number of aryl methyl sites for hydroxylation is 1. The highest BCUT2D eigenvalue weighted by atomic mass is 32.2. The smallest absolute Gasteiger partial charge is 0.243 e. The van der Waals surface area contributed by atoms with E-state index in [-0.39, 0.29) is 5.92 Å². The third-order valence-electron chi connectivity index (χ3n) is 3.90. The van der Waals surface area contributed by atoms with E-state index in [1.165, 1.54) is 4.90 Å². The minimum absolute atomic E-state index is 0.0141. The van der Waals surface area contributed by atoms with Crippen LogP contribution in [-0.4, -0.2) is 45.4 Å². The Morgan fingerprint density at radius 3 is 2.38 bits per heavy atom. The van der Waals surface area contributed by atoms with Gasteiger partial charge in [0.25, 0.3) is 0 Å². The van der Waals surface area contributed by atoms with Gasteiger partial charge < -0.3 is 4.90 Å². The molecule has 1 atom stereocenters. The van der Waals surface area contributed by atoms with Gasteiger partial charge in [0.05, 0.1) is 49.6 Å². The molecule has 0 aromatic heterocycles. The number of nitriles is 1. The van der Waals surface area contributed by atoms with Crippen molar-refractivity contribution in [2.75, 3.05) is 32.7 Å². The van der Waals surface area contributed by atoms with Crippen molar-refractivity contribution in [1.29, 1.82) is 5.26 Å². The number of quaternary nitrogens is 1. The zero-order valence-electron chi connectivity index (χ0n) is 12.5. The summed E-state index contributed by atoms with van der Waals surface area (Å²) < 4.78 is 26.6. The topological polar surface area (TPSA) is 65.6 Å². The molecule has 0 aliphatic carbocycles. The number of nitrogens with one attached hydrogen (secondary N) is 1. The van der Waals surface area contributed by atoms with E-state index in [0.717, 1.165) is 25.2 Å². The number of benzene rings is 1. The van der Waals surface area contributed by atoms with Gasteiger partial charge in [-0.05, 0) is 26.0 Å². The van der Waals surface area contributed by atoms with Gasteiger partial charge in [0.15, 0.2) is 0 Å². The van der Waals surface area contributed by atoms with Gasteiger partial charge in [-0.25, -0.2) is 8.42 Å². The minimum Gasteiger partial charge on any atom is -0.332 e. The van der Waals surface area contributed by atoms with Crippen LogP contribution in [0.4, 0.5) is 0 Å². The molecule has 1 aliphatic rings. The Morgan fingerprint density at radius 2 is 1.86 bits per heavy atom. The third-order valence-corrected chi connectivity index (χ3v) is 5.82. The SMILES string of the molecule is Cc1ccc(S(=O)(=O)N2CC[NH+](C[C@H](C)C#N)CC2)cc1. The van der Waals surface area contributed by atoms with Gasteiger partial charge >= 0.3 is 0 Å². The molecule has 6 heteroatoms. The van der Waals surface area contributed by atoms with E-state index in [9.17, 15) is 8.42 Å². The fraction of sp³-hybridized carbons (Fsp3) is 0.533. The van der Waals surface area contributed by atoms with E-state index in [4.69, 9.17) is 5.26 Å². The van der Waals surface area contributed by atoms with Crippen LogP contribution in [0.25, 0.3) is 0 Å². The molecule has 1 fully saturated rings. The molecule has 0 saturated carbocycles. The summed E-state index contributed by atoms with van der Waals surface area (Å²) >= 11 is 0. The quantitative estimate of drug-likeness (QED) is 0.854. The minimum atomic E-state index is -3.38. The van der Waals surface area contributed by atoms with Crippen molar-refractivity contribution < 1.29 is 13.3 Å². The Labute approximate surface area is 126 Å². The van der Waals surface area contributed by atoms with Gasteiger partial charge in [-0.2, -0.15) is 9.57 Å². The standard InChI is InChI=1S/C15H21N3O2S/c1-13-3-5-15(6-4-13)21(19,20)18-9-7-17(8-10-18)12-14(2)11-16/h3-6,14H,7-10,12H2,1-2H3/p+1/t14-/m1/s1. The fourth-order valence-electron chi connectivity index (χ4n) is 2.58. The second kappa shape index (κ2) is 6.56. The molecule has 1 aliphatic heterocycles. The first-order valence-corrected chi connectivity index (χ1v) is 8.67. The second-order valence-corrected chi connectivity index (χ2v) is 7.64. The van der Waals surface area contributed by atoms with E-state index in [0.29, 0.717) is 18.0 Å². The lowest BCUT2D eigenvalue weighted by Gasteiger charge is -2.31. The average Bonchev–Trinajstić information content (AvgIpc) is 2.48. The fourth-order valence-corrected chi connectivity index (χ4v) is 4.03. The summed E-state index contributed by atoms with van der Waals surface area (Å²) in [6.45, 7) is 7.19. The normalized spacial score (nSPS) is 19.1. The van der Waals surface area contributed by atoms with Crippen LogP contribution in [0.1, 0.15) is 12.5 Å². The lowest BCUT2D eigenvalue weighted by molar-refractivity contribution is -0.905. The van der Waals surface area contributed by atoms with Gasteiger partial charge in [-0.3, -0.25) is 0 Å². The van der Waals surface area contributed by atoms with E-state index in [2.05, 4.69) is 6.07 Å². The maximum absolute atomic E-state index is 12.5. The highest BCUT2D eigenvalue weighted by molar-refractivity contribution is 7.89. The molecule has 114 valence electrons. The Morgan fingerprint density at radius 1 is 1.29 bits per heavy atom. The molecule has 1 aromatic carbocycles. The molecule has 1 aromatic rings. The number of rotatable bonds is 4. The Bertz CT molecular complexity index is 611. The highest BCUT2D eigenvalue weighted by Gasteiger charge is 2.30. The van der Waals surface area contributed by atoms with Crippen LogP contribution < -0.4 is 4.90 Å². The van der Waals surface area contributed by atoms with E-state index < -0.39 is 10.0 Å². The Kier molecular flexibility index (Phi) is 4.99. The molecular formula is C15H22N3O2S+. The van der Waals surface area contributed by atoms with Gasteiger partial charge in [0.2, 0.25) is 10.0 Å². The number of sulfonamides is 1. The Hall–Kier alpha value is -1.42. The van der Waals surface area contributed by atoms with Crippen LogP contribution in [0, 0.1) is 24.2 Å². The number of hydrogen-bond acceptors (Lipinski definition) is 3. The first-order valence-electron chi connectivity index (χ1n) is 7.23. The first-order chi connectivity index (χ1) is 9.93. The van der Waals surface area contributed by atoms with Crippen LogP contribution in [0.3, 0.4) is 0 Å². The summed E-state index contributed by atoms with van der Waals surface area (Å²) in [5.74, 6) is 0.0141. The molecular weight excluding hydrogens is 286 g/mol. The summed E-state index contributed by atoms with van der Waals surface area (Å²) in [7, 11) is -3.38. The van der Waals surface area contributed by atoms with Crippen LogP contribution in [0.5, 0.6) is 0 Å². The van der Waals surface area contributed by atoms with Gasteiger partial charge in [-0.15, -0.1) is 0 Å². The molecule has 21 heavy (non-hydrogen) atoms. The molecule has 5 nitrogen and oxygen atoms in total. The third kappa shape index (κ3) is 3.82. The maximum Gasteiger partial charge on any atom is 0.243 e. The predicted octanol–water partition coefficient (Wildman–Crippen LogP) is 0.0439. The Balaban J connectivity index is 2.01. The van der Waals surface area contributed by atoms with Crippen molar-refractivity contribution in [3.05, 3.63) is 29.8 Å². The van der Waals surface area contributed by atoms with Crippen LogP contribution in [-0.2, 0) is 10.0 Å². The zero-order valence-corrected chi connectivity index (χ0v) is 13.4. The van der Waals surface area contributed by atoms with E-state index in [1.54, 1.807) is 16.4 Å². The van der Waals surface area contributed by atoms with E-state index >= 15 is 0 Å². The number of piperazine rings is 1. The summed E-state index contributed by atoms with van der Waals surface area (Å²) in [4.78, 5) is 1.67. The summed E-state index contributed by atoms with van der Waals surface area (Å²) in [6.07, 6.45) is 0. The molecule has 2 rings (SSSR count). The highest BCUT2D eigenvalue weighted by Crippen LogP contribution is 2.16. The molecule has 1 N–H and O–H groups in total. The van der Waals surface area contributed by atoms with E-state index in [1.807, 2.05) is 26.0 Å². The van der Waals surface area contributed by atoms with Crippen molar-refractivity contribution in [1.82, 2.24) is 4.31 Å². The summed E-state index contributed by atoms with van der Waals surface area (Å²) in [5.41, 5.74) is 1.05. The lowest BCUT2D eigenvalue weighted by atomic mass is 10.2. The van der Waals surface area contributed by atoms with Crippen molar-refractivity contribution in [2.24, 2.45) is 5.92 Å². The molecule has 0 radical (unpaired) electrons. The lowest BCUT2D eigenvalue weighted by Crippen LogP contribution is -3.15. The van der Waals surface area contributed by atoms with Crippen molar-refractivity contribution in [3.63, 3.8) is 0 Å². The van der Waals surface area contributed by atoms with Crippen molar-refractivity contribution in [2.45, 2.75) is 18.7 Å². The summed E-state index contributed by atoms with van der Waals surface area (Å²) in [5, 5.41) is 8.85. The molecule has 0 bridgehead atoms.